The average Bonchev–Trinajstić information content (AvgIpc) is 4.17. The molecule has 0 spiro atoms. The number of cyclic esters (lactones) is 2. The molecule has 3 heterocycles. The molecule has 3 saturated heterocycles. The summed E-state index contributed by atoms with van der Waals surface area (Å²) in [5, 5.41) is 44.2. The third-order valence-corrected chi connectivity index (χ3v) is 15.6. The Kier molecular flexibility index (Phi) is 24.7. The van der Waals surface area contributed by atoms with Crippen molar-refractivity contribution >= 4 is 59.0 Å². The Labute approximate surface area is 471 Å². The van der Waals surface area contributed by atoms with Gasteiger partial charge in [0.1, 0.15) is 66.0 Å². The van der Waals surface area contributed by atoms with Crippen molar-refractivity contribution in [1.29, 1.82) is 0 Å². The number of carbonyl (C=O) groups is 9. The number of esters is 2. The molecule has 6 N–H and O–H groups in total. The van der Waals surface area contributed by atoms with Crippen LogP contribution < -0.4 is 20.7 Å². The molecule has 1 aromatic rings. The van der Waals surface area contributed by atoms with Gasteiger partial charge in [0, 0.05) is 33.6 Å². The van der Waals surface area contributed by atoms with Gasteiger partial charge in [-0.25, -0.2) is 4.79 Å². The van der Waals surface area contributed by atoms with Crippen LogP contribution in [0, 0.1) is 29.6 Å². The van der Waals surface area contributed by atoms with Crippen molar-refractivity contribution in [3.8, 4) is 5.75 Å². The smallest absolute Gasteiger partial charge is 0.329 e. The second kappa shape index (κ2) is 29.9. The first-order valence-corrected chi connectivity index (χ1v) is 28.2. The summed E-state index contributed by atoms with van der Waals surface area (Å²) in [6, 6.07) is -2.16. The molecule has 4 rings (SSSR count). The van der Waals surface area contributed by atoms with Gasteiger partial charge in [-0.15, -0.1) is 0 Å². The fourth-order valence-electron chi connectivity index (χ4n) is 10.7. The quantitative estimate of drug-likeness (QED) is 0.0836. The number of nitrogens with zero attached hydrogens (tertiary/aromatic N) is 5. The van der Waals surface area contributed by atoms with Gasteiger partial charge in [0.05, 0.1) is 31.6 Å². The summed E-state index contributed by atoms with van der Waals surface area (Å²) in [6.07, 6.45) is -4.79. The van der Waals surface area contributed by atoms with Gasteiger partial charge in [0.2, 0.25) is 35.4 Å². The van der Waals surface area contributed by atoms with Crippen LogP contribution >= 0.6 is 0 Å². The SMILES string of the molecule is CC[C@H](C)[C@@H]1NC(=O)[C@@H](NC(=O)[C@@H](CC(C)C)N(C)C(=O)[C@@H]2CCCN2C(=O)[C@H](C)O)[C@H](C)OC(=O)[C@H](Cc2ccc(OC)cc2)N(C)C(=O)[C@@H]2CCCN2C(=O)[C@@H](CC(C)C)NC(=O)[C@@H](C)/C(=N/O)[C@@H](C(C)C)OC(=O)C[C@H]1O. The van der Waals surface area contributed by atoms with E-state index in [9.17, 15) is 53.8 Å². The molecule has 0 aromatic heterocycles. The number of hydrogen-bond acceptors (Lipinski definition) is 16. The lowest BCUT2D eigenvalue weighted by molar-refractivity contribution is -0.162. The Hall–Kier alpha value is -6.36. The first-order valence-electron chi connectivity index (χ1n) is 28.2. The molecule has 1 aromatic carbocycles. The number of likely N-dealkylation sites (N-methyl/N-ethyl adjacent to an activating group) is 2. The Bertz CT molecular complexity index is 2360. The lowest BCUT2D eigenvalue weighted by Crippen LogP contribution is -2.62. The van der Waals surface area contributed by atoms with Gasteiger partial charge >= 0.3 is 11.9 Å². The minimum atomic E-state index is -1.76. The van der Waals surface area contributed by atoms with Crippen LogP contribution in [0.15, 0.2) is 29.4 Å². The van der Waals surface area contributed by atoms with E-state index in [1.165, 1.54) is 61.6 Å². The number of carbonyl (C=O) groups excluding carboxylic acids is 9. The highest BCUT2D eigenvalue weighted by molar-refractivity contribution is 6.07. The van der Waals surface area contributed by atoms with Crippen molar-refractivity contribution < 1.29 is 72.8 Å². The van der Waals surface area contributed by atoms with Gasteiger partial charge in [-0.3, -0.25) is 38.4 Å². The van der Waals surface area contributed by atoms with Gasteiger partial charge < -0.3 is 65.2 Å². The summed E-state index contributed by atoms with van der Waals surface area (Å²) in [6.45, 7) is 18.6. The number of ether oxygens (including phenoxy) is 3. The third kappa shape index (κ3) is 16.9. The minimum absolute atomic E-state index is 0.0722. The van der Waals surface area contributed by atoms with Gasteiger partial charge in [-0.05, 0) is 101 Å². The van der Waals surface area contributed by atoms with Gasteiger partial charge in [-0.2, -0.15) is 0 Å². The summed E-state index contributed by atoms with van der Waals surface area (Å²) in [5.74, 6) is -9.14. The summed E-state index contributed by atoms with van der Waals surface area (Å²) < 4.78 is 17.4. The van der Waals surface area contributed by atoms with Crippen LogP contribution in [0.25, 0.3) is 0 Å². The molecule has 23 heteroatoms. The molecule has 0 bridgehead atoms. The molecular weight excluding hydrogens is 1040 g/mol. The number of benzene rings is 1. The maximum Gasteiger partial charge on any atom is 0.329 e. The molecule has 13 atom stereocenters. The van der Waals surface area contributed by atoms with Gasteiger partial charge in [0.25, 0.3) is 5.91 Å². The summed E-state index contributed by atoms with van der Waals surface area (Å²) in [7, 11) is 4.30. The Morgan fingerprint density at radius 2 is 1.52 bits per heavy atom. The lowest BCUT2D eigenvalue weighted by atomic mass is 9.91. The third-order valence-electron chi connectivity index (χ3n) is 15.6. The zero-order valence-corrected chi connectivity index (χ0v) is 49.3. The van der Waals surface area contributed by atoms with Crippen LogP contribution in [0.2, 0.25) is 0 Å². The second-order valence-corrected chi connectivity index (χ2v) is 23.1. The number of aliphatic hydroxyl groups is 2. The lowest BCUT2D eigenvalue weighted by Gasteiger charge is -2.36. The van der Waals surface area contributed by atoms with Crippen molar-refractivity contribution in [3.63, 3.8) is 0 Å². The molecule has 3 aliphatic rings. The second-order valence-electron chi connectivity index (χ2n) is 23.1. The van der Waals surface area contributed by atoms with E-state index in [-0.39, 0.29) is 62.7 Å². The number of fused-ring (bicyclic) bond motifs is 1. The predicted molar refractivity (Wildman–Crippen MR) is 294 cm³/mol. The highest BCUT2D eigenvalue weighted by Crippen LogP contribution is 2.27. The van der Waals surface area contributed by atoms with E-state index in [1.54, 1.807) is 52.0 Å². The molecule has 0 radical (unpaired) electrons. The van der Waals surface area contributed by atoms with Crippen LogP contribution in [0.3, 0.4) is 0 Å². The molecule has 23 nitrogen and oxygen atoms in total. The molecule has 7 amide bonds. The molecular formula is C57H90N8O15. The number of rotatable bonds is 15. The van der Waals surface area contributed by atoms with E-state index < -0.39 is 144 Å². The number of likely N-dealkylation sites (tertiary alicyclic amines) is 1. The van der Waals surface area contributed by atoms with E-state index in [0.717, 1.165) is 0 Å². The van der Waals surface area contributed by atoms with E-state index in [0.29, 0.717) is 30.6 Å². The Morgan fingerprint density at radius 3 is 2.09 bits per heavy atom. The van der Waals surface area contributed by atoms with Crippen LogP contribution in [0.4, 0.5) is 0 Å². The normalized spacial score (nSPS) is 28.0. The largest absolute Gasteiger partial charge is 0.497 e. The molecule has 3 fully saturated rings. The van der Waals surface area contributed by atoms with E-state index >= 15 is 4.79 Å². The summed E-state index contributed by atoms with van der Waals surface area (Å²) in [4.78, 5) is 135. The molecule has 0 saturated carbocycles. The zero-order chi connectivity index (χ0) is 60.0. The number of hydrogen-bond donors (Lipinski definition) is 6. The number of oxime groups is 1. The topological polar surface area (TPSA) is 303 Å². The summed E-state index contributed by atoms with van der Waals surface area (Å²) in [5.41, 5.74) is 0.331. The van der Waals surface area contributed by atoms with Crippen LogP contribution in [-0.4, -0.2) is 195 Å². The van der Waals surface area contributed by atoms with Crippen molar-refractivity contribution in [3.05, 3.63) is 29.8 Å². The van der Waals surface area contributed by atoms with Crippen LogP contribution in [-0.2, 0) is 59.0 Å². The average molecular weight is 1130 g/mol. The van der Waals surface area contributed by atoms with Gasteiger partial charge in [-0.1, -0.05) is 79.1 Å². The first-order chi connectivity index (χ1) is 37.6. The Balaban J connectivity index is 1.90. The van der Waals surface area contributed by atoms with E-state index in [4.69, 9.17) is 14.2 Å². The van der Waals surface area contributed by atoms with Crippen LogP contribution in [0.5, 0.6) is 5.75 Å². The fourth-order valence-corrected chi connectivity index (χ4v) is 10.7. The first kappa shape index (κ1) is 66.2. The molecule has 80 heavy (non-hydrogen) atoms. The van der Waals surface area contributed by atoms with Crippen molar-refractivity contribution in [2.45, 2.75) is 201 Å². The van der Waals surface area contributed by atoms with E-state index in [1.807, 2.05) is 27.7 Å². The van der Waals surface area contributed by atoms with Crippen molar-refractivity contribution in [1.82, 2.24) is 35.6 Å². The molecule has 3 aliphatic heterocycles. The maximum atomic E-state index is 15.0. The number of amides is 7. The highest BCUT2D eigenvalue weighted by atomic mass is 16.6. The van der Waals surface area contributed by atoms with E-state index in [2.05, 4.69) is 21.1 Å². The number of methoxy groups -OCH3 is 1. The summed E-state index contributed by atoms with van der Waals surface area (Å²) >= 11 is 0. The molecule has 0 aliphatic carbocycles. The molecule has 448 valence electrons. The Morgan fingerprint density at radius 1 is 0.887 bits per heavy atom. The van der Waals surface area contributed by atoms with Gasteiger partial charge in [0.15, 0.2) is 0 Å². The predicted octanol–water partition coefficient (Wildman–Crippen LogP) is 2.58. The monoisotopic (exact) mass is 1130 g/mol. The fraction of sp³-hybridized carbons (Fsp3) is 0.719. The molecule has 0 unspecified atom stereocenters. The van der Waals surface area contributed by atoms with Crippen LogP contribution in [0.1, 0.15) is 133 Å². The van der Waals surface area contributed by atoms with Crippen molar-refractivity contribution in [2.24, 2.45) is 34.7 Å². The number of nitrogens with one attached hydrogen (secondary N) is 3. The minimum Gasteiger partial charge on any atom is -0.497 e. The maximum absolute atomic E-state index is 15.0. The standard InChI is InChI=1S/C57H90N8O15/c1-15-33(8)46-44(67)29-45(68)80-49(32(6)7)47(61-77)34(9)50(69)58-39(26-30(2)3)54(73)65-25-17-19-41(65)56(75)63(13)43(28-37-20-22-38(78-14)23-21-37)57(76)79-36(11)48(52(71)59-46)60-51(70)42(27-31(4)5)62(12)55(74)40-18-16-24-64(40)53(72)35(10)66/h20-23,30-36,39-44,46,48-49,66-67,77H,15-19,24-29H2,1-14H3,(H,58,69)(H,59,71)(H,60,70)/b61-47-/t33-,34-,35-,36-,39+,40-,41-,42+,43-,44+,46-,48-,49+/m0/s1. The van der Waals surface area contributed by atoms with Crippen molar-refractivity contribution in [2.75, 3.05) is 34.3 Å². The number of aliphatic hydroxyl groups excluding tert-OH is 2. The zero-order valence-electron chi connectivity index (χ0n) is 49.3. The highest BCUT2D eigenvalue weighted by Gasteiger charge is 2.46.